The Hall–Kier alpha value is -1.15. The van der Waals surface area contributed by atoms with Crippen LogP contribution in [0.3, 0.4) is 0 Å². The van der Waals surface area contributed by atoms with Crippen molar-refractivity contribution in [3.05, 3.63) is 35.4 Å². The maximum Gasteiger partial charge on any atom is 0.123 e. The summed E-state index contributed by atoms with van der Waals surface area (Å²) in [6, 6.07) is 8.97. The molecule has 1 aliphatic rings. The number of hydrogen-bond donors (Lipinski definition) is 0. The standard InChI is InChI=1S/C17H25NO/c1-17(2,3)16-6-4-14(5-7-16)12-18-10-8-15(13-19)9-11-18/h4-7,13,15H,8-12H2,1-3H3. The summed E-state index contributed by atoms with van der Waals surface area (Å²) >= 11 is 0. The molecule has 0 bridgehead atoms. The van der Waals surface area contributed by atoms with Crippen LogP contribution in [0.4, 0.5) is 0 Å². The Labute approximate surface area is 116 Å². The molecule has 0 aromatic heterocycles. The summed E-state index contributed by atoms with van der Waals surface area (Å²) in [7, 11) is 0. The van der Waals surface area contributed by atoms with Crippen LogP contribution in [0.5, 0.6) is 0 Å². The zero-order valence-electron chi connectivity index (χ0n) is 12.4. The van der Waals surface area contributed by atoms with Gasteiger partial charge in [-0.25, -0.2) is 0 Å². The molecule has 0 N–H and O–H groups in total. The van der Waals surface area contributed by atoms with Gasteiger partial charge in [-0.3, -0.25) is 4.90 Å². The van der Waals surface area contributed by atoms with E-state index in [-0.39, 0.29) is 5.41 Å². The highest BCUT2D eigenvalue weighted by molar-refractivity contribution is 5.53. The van der Waals surface area contributed by atoms with Gasteiger partial charge in [0.2, 0.25) is 0 Å². The van der Waals surface area contributed by atoms with Gasteiger partial charge in [0.15, 0.2) is 0 Å². The highest BCUT2D eigenvalue weighted by Gasteiger charge is 2.18. The third-order valence-corrected chi connectivity index (χ3v) is 4.05. The Morgan fingerprint density at radius 1 is 1.16 bits per heavy atom. The van der Waals surface area contributed by atoms with Crippen LogP contribution in [-0.4, -0.2) is 24.3 Å². The van der Waals surface area contributed by atoms with Gasteiger partial charge in [-0.2, -0.15) is 0 Å². The van der Waals surface area contributed by atoms with Crippen molar-refractivity contribution in [1.29, 1.82) is 0 Å². The summed E-state index contributed by atoms with van der Waals surface area (Å²) in [5, 5.41) is 0. The van der Waals surface area contributed by atoms with Crippen molar-refractivity contribution in [2.75, 3.05) is 13.1 Å². The van der Waals surface area contributed by atoms with E-state index in [0.29, 0.717) is 5.92 Å². The summed E-state index contributed by atoms with van der Waals surface area (Å²) in [5.74, 6) is 0.291. The molecular formula is C17H25NO. The minimum atomic E-state index is 0.223. The smallest absolute Gasteiger partial charge is 0.123 e. The van der Waals surface area contributed by atoms with Gasteiger partial charge in [0.1, 0.15) is 6.29 Å². The number of likely N-dealkylation sites (tertiary alicyclic amines) is 1. The fraction of sp³-hybridized carbons (Fsp3) is 0.588. The Morgan fingerprint density at radius 3 is 2.21 bits per heavy atom. The van der Waals surface area contributed by atoms with Crippen molar-refractivity contribution in [2.24, 2.45) is 5.92 Å². The van der Waals surface area contributed by atoms with Crippen molar-refractivity contribution >= 4 is 6.29 Å². The van der Waals surface area contributed by atoms with Gasteiger partial charge in [-0.1, -0.05) is 45.0 Å². The molecule has 0 amide bonds. The Kier molecular flexibility index (Phi) is 4.41. The summed E-state index contributed by atoms with van der Waals surface area (Å²) < 4.78 is 0. The van der Waals surface area contributed by atoms with E-state index in [1.54, 1.807) is 0 Å². The molecule has 2 heteroatoms. The number of benzene rings is 1. The third kappa shape index (κ3) is 3.90. The molecule has 1 aromatic rings. The predicted octanol–water partition coefficient (Wildman–Crippen LogP) is 3.40. The number of aldehydes is 1. The van der Waals surface area contributed by atoms with E-state index < -0.39 is 0 Å². The van der Waals surface area contributed by atoms with Gasteiger partial charge < -0.3 is 4.79 Å². The van der Waals surface area contributed by atoms with Crippen molar-refractivity contribution in [3.63, 3.8) is 0 Å². The van der Waals surface area contributed by atoms with E-state index in [9.17, 15) is 4.79 Å². The van der Waals surface area contributed by atoms with E-state index in [4.69, 9.17) is 0 Å². The van der Waals surface area contributed by atoms with Crippen LogP contribution in [0.25, 0.3) is 0 Å². The third-order valence-electron chi connectivity index (χ3n) is 4.05. The first kappa shape index (κ1) is 14.3. The molecule has 0 unspecified atom stereocenters. The monoisotopic (exact) mass is 259 g/mol. The summed E-state index contributed by atoms with van der Waals surface area (Å²) in [6.07, 6.45) is 3.16. The number of piperidine rings is 1. The molecule has 1 saturated heterocycles. The minimum absolute atomic E-state index is 0.223. The molecular weight excluding hydrogens is 234 g/mol. The summed E-state index contributed by atoms with van der Waals surface area (Å²) in [4.78, 5) is 13.2. The summed E-state index contributed by atoms with van der Waals surface area (Å²) in [5.41, 5.74) is 2.98. The van der Waals surface area contributed by atoms with Crippen molar-refractivity contribution < 1.29 is 4.79 Å². The molecule has 1 aliphatic heterocycles. The predicted molar refractivity (Wildman–Crippen MR) is 79.2 cm³/mol. The zero-order chi connectivity index (χ0) is 13.9. The molecule has 0 radical (unpaired) electrons. The van der Waals surface area contributed by atoms with E-state index >= 15 is 0 Å². The van der Waals surface area contributed by atoms with Gasteiger partial charge in [0.25, 0.3) is 0 Å². The van der Waals surface area contributed by atoms with Crippen LogP contribution >= 0.6 is 0 Å². The fourth-order valence-corrected chi connectivity index (χ4v) is 2.62. The first-order chi connectivity index (χ1) is 8.99. The first-order valence-electron chi connectivity index (χ1n) is 7.26. The molecule has 2 rings (SSSR count). The van der Waals surface area contributed by atoms with Gasteiger partial charge in [0, 0.05) is 12.5 Å². The normalized spacial score (nSPS) is 18.5. The molecule has 2 nitrogen and oxygen atoms in total. The second kappa shape index (κ2) is 5.87. The second-order valence-corrected chi connectivity index (χ2v) is 6.70. The van der Waals surface area contributed by atoms with Crippen molar-refractivity contribution in [1.82, 2.24) is 4.90 Å². The van der Waals surface area contributed by atoms with E-state index in [0.717, 1.165) is 38.8 Å². The molecule has 1 heterocycles. The van der Waals surface area contributed by atoms with Crippen molar-refractivity contribution in [2.45, 2.75) is 45.6 Å². The average molecular weight is 259 g/mol. The van der Waals surface area contributed by atoms with Crippen molar-refractivity contribution in [3.8, 4) is 0 Å². The van der Waals surface area contributed by atoms with E-state index in [1.807, 2.05) is 0 Å². The van der Waals surface area contributed by atoms with Gasteiger partial charge in [0.05, 0.1) is 0 Å². The van der Waals surface area contributed by atoms with Crippen LogP contribution in [0.15, 0.2) is 24.3 Å². The average Bonchev–Trinajstić information content (AvgIpc) is 2.39. The molecule has 1 aromatic carbocycles. The molecule has 0 atom stereocenters. The second-order valence-electron chi connectivity index (χ2n) is 6.70. The number of nitrogens with zero attached hydrogens (tertiary/aromatic N) is 1. The summed E-state index contributed by atoms with van der Waals surface area (Å²) in [6.45, 7) is 9.83. The highest BCUT2D eigenvalue weighted by atomic mass is 16.1. The lowest BCUT2D eigenvalue weighted by atomic mass is 9.86. The Balaban J connectivity index is 1.92. The lowest BCUT2D eigenvalue weighted by molar-refractivity contribution is -0.112. The molecule has 19 heavy (non-hydrogen) atoms. The quantitative estimate of drug-likeness (QED) is 0.775. The van der Waals surface area contributed by atoms with Crippen LogP contribution in [-0.2, 0) is 16.8 Å². The number of rotatable bonds is 3. The van der Waals surface area contributed by atoms with Crippen LogP contribution < -0.4 is 0 Å². The number of hydrogen-bond acceptors (Lipinski definition) is 2. The Morgan fingerprint density at radius 2 is 1.74 bits per heavy atom. The molecule has 0 aliphatic carbocycles. The van der Waals surface area contributed by atoms with Crippen LogP contribution in [0, 0.1) is 5.92 Å². The SMILES string of the molecule is CC(C)(C)c1ccc(CN2CCC(C=O)CC2)cc1. The maximum absolute atomic E-state index is 10.7. The largest absolute Gasteiger partial charge is 0.303 e. The maximum atomic E-state index is 10.7. The number of carbonyl (C=O) groups is 1. The van der Waals surface area contributed by atoms with E-state index in [1.165, 1.54) is 11.1 Å². The minimum Gasteiger partial charge on any atom is -0.303 e. The lowest BCUT2D eigenvalue weighted by Gasteiger charge is -2.29. The number of carbonyl (C=O) groups excluding carboxylic acids is 1. The van der Waals surface area contributed by atoms with Gasteiger partial charge >= 0.3 is 0 Å². The van der Waals surface area contributed by atoms with E-state index in [2.05, 4.69) is 49.9 Å². The first-order valence-corrected chi connectivity index (χ1v) is 7.26. The molecule has 1 fully saturated rings. The zero-order valence-corrected chi connectivity index (χ0v) is 12.4. The Bertz CT molecular complexity index is 408. The van der Waals surface area contributed by atoms with Gasteiger partial charge in [-0.05, 0) is 42.5 Å². The highest BCUT2D eigenvalue weighted by Crippen LogP contribution is 2.23. The molecule has 0 saturated carbocycles. The van der Waals surface area contributed by atoms with Gasteiger partial charge in [-0.15, -0.1) is 0 Å². The lowest BCUT2D eigenvalue weighted by Crippen LogP contribution is -2.33. The molecule has 104 valence electrons. The fourth-order valence-electron chi connectivity index (χ4n) is 2.62. The van der Waals surface area contributed by atoms with Crippen LogP contribution in [0.1, 0.15) is 44.7 Å². The molecule has 0 spiro atoms. The topological polar surface area (TPSA) is 20.3 Å². The van der Waals surface area contributed by atoms with Crippen LogP contribution in [0.2, 0.25) is 0 Å².